The number of anilines is 1. The molecule has 0 saturated carbocycles. The standard InChI is InChI=1S/C26H25N7O3/c1-3-32-15-17(13-28-32)22-12-20(19-9-5-6-10-21(19)29-22)25(34)30-23-16-33(4-2)31-24(23)26(35)27-14-18-8-7-11-36-18/h5-13,15-16H,3-4,14H2,1-2H3,(H,27,35)(H,30,34). The van der Waals surface area contributed by atoms with Crippen LogP contribution in [0.1, 0.15) is 40.5 Å². The molecule has 4 heterocycles. The Labute approximate surface area is 206 Å². The van der Waals surface area contributed by atoms with E-state index in [4.69, 9.17) is 9.40 Å². The highest BCUT2D eigenvalue weighted by Gasteiger charge is 2.21. The molecule has 0 atom stereocenters. The Bertz CT molecular complexity index is 1530. The van der Waals surface area contributed by atoms with Crippen molar-refractivity contribution < 1.29 is 14.0 Å². The van der Waals surface area contributed by atoms with Crippen molar-refractivity contribution in [1.29, 1.82) is 0 Å². The van der Waals surface area contributed by atoms with E-state index in [9.17, 15) is 9.59 Å². The molecule has 10 nitrogen and oxygen atoms in total. The first-order valence-electron chi connectivity index (χ1n) is 11.7. The second-order valence-electron chi connectivity index (χ2n) is 8.12. The first-order chi connectivity index (χ1) is 17.6. The summed E-state index contributed by atoms with van der Waals surface area (Å²) in [5, 5.41) is 15.0. The molecule has 1 aromatic carbocycles. The molecule has 0 spiro atoms. The Kier molecular flexibility index (Phi) is 6.31. The van der Waals surface area contributed by atoms with E-state index in [0.717, 1.165) is 12.1 Å². The van der Waals surface area contributed by atoms with E-state index < -0.39 is 5.91 Å². The van der Waals surface area contributed by atoms with Crippen LogP contribution in [-0.2, 0) is 19.6 Å². The Hall–Kier alpha value is -4.73. The number of aryl methyl sites for hydroxylation is 2. The lowest BCUT2D eigenvalue weighted by molar-refractivity contribution is 0.0943. The number of pyridine rings is 1. The van der Waals surface area contributed by atoms with E-state index >= 15 is 0 Å². The Morgan fingerprint density at radius 3 is 2.58 bits per heavy atom. The van der Waals surface area contributed by atoms with E-state index in [1.54, 1.807) is 46.2 Å². The second-order valence-corrected chi connectivity index (χ2v) is 8.12. The fourth-order valence-corrected chi connectivity index (χ4v) is 3.88. The maximum atomic E-state index is 13.5. The summed E-state index contributed by atoms with van der Waals surface area (Å²) in [5.41, 5.74) is 3.02. The highest BCUT2D eigenvalue weighted by atomic mass is 16.3. The van der Waals surface area contributed by atoms with Gasteiger partial charge in [0.25, 0.3) is 11.8 Å². The van der Waals surface area contributed by atoms with Gasteiger partial charge in [0, 0.05) is 36.4 Å². The van der Waals surface area contributed by atoms with Crippen molar-refractivity contribution in [2.45, 2.75) is 33.5 Å². The van der Waals surface area contributed by atoms with Crippen molar-refractivity contribution in [3.8, 4) is 11.3 Å². The molecule has 4 aromatic heterocycles. The lowest BCUT2D eigenvalue weighted by Crippen LogP contribution is -2.25. The highest BCUT2D eigenvalue weighted by Crippen LogP contribution is 2.26. The second kappa shape index (κ2) is 9.87. The number of nitrogens with zero attached hydrogens (tertiary/aromatic N) is 5. The van der Waals surface area contributed by atoms with E-state index in [0.29, 0.717) is 40.2 Å². The Morgan fingerprint density at radius 2 is 1.83 bits per heavy atom. The number of rotatable bonds is 8. The minimum atomic E-state index is -0.416. The molecular formula is C26H25N7O3. The van der Waals surface area contributed by atoms with Crippen LogP contribution >= 0.6 is 0 Å². The zero-order valence-electron chi connectivity index (χ0n) is 19.9. The van der Waals surface area contributed by atoms with Crippen LogP contribution in [0.3, 0.4) is 0 Å². The molecule has 182 valence electrons. The number of amides is 2. The fraction of sp³-hybridized carbons (Fsp3) is 0.192. The molecule has 2 amide bonds. The molecule has 5 rings (SSSR count). The number of furan rings is 1. The first-order valence-corrected chi connectivity index (χ1v) is 11.7. The largest absolute Gasteiger partial charge is 0.467 e. The third kappa shape index (κ3) is 4.61. The topological polar surface area (TPSA) is 120 Å². The third-order valence-corrected chi connectivity index (χ3v) is 5.77. The molecule has 0 aliphatic carbocycles. The van der Waals surface area contributed by atoms with Gasteiger partial charge in [-0.15, -0.1) is 0 Å². The lowest BCUT2D eigenvalue weighted by Gasteiger charge is -2.10. The number of nitrogens with one attached hydrogen (secondary N) is 2. The van der Waals surface area contributed by atoms with Gasteiger partial charge >= 0.3 is 0 Å². The molecule has 0 bridgehead atoms. The minimum absolute atomic E-state index is 0.125. The average molecular weight is 484 g/mol. The van der Waals surface area contributed by atoms with Crippen molar-refractivity contribution >= 4 is 28.4 Å². The van der Waals surface area contributed by atoms with Gasteiger partial charge < -0.3 is 15.1 Å². The van der Waals surface area contributed by atoms with Crippen LogP contribution < -0.4 is 10.6 Å². The number of carbonyl (C=O) groups is 2. The van der Waals surface area contributed by atoms with Crippen molar-refractivity contribution in [3.63, 3.8) is 0 Å². The van der Waals surface area contributed by atoms with Crippen LogP contribution in [0.15, 0.2) is 71.7 Å². The van der Waals surface area contributed by atoms with Gasteiger partial charge in [-0.2, -0.15) is 10.2 Å². The molecule has 2 N–H and O–H groups in total. The third-order valence-electron chi connectivity index (χ3n) is 5.77. The highest BCUT2D eigenvalue weighted by molar-refractivity contribution is 6.14. The Morgan fingerprint density at radius 1 is 1.00 bits per heavy atom. The molecule has 5 aromatic rings. The number of para-hydroxylation sites is 1. The van der Waals surface area contributed by atoms with Gasteiger partial charge in [-0.3, -0.25) is 19.0 Å². The lowest BCUT2D eigenvalue weighted by atomic mass is 10.0. The van der Waals surface area contributed by atoms with Crippen LogP contribution in [0.2, 0.25) is 0 Å². The van der Waals surface area contributed by atoms with Crippen LogP contribution in [-0.4, -0.2) is 36.4 Å². The van der Waals surface area contributed by atoms with Crippen molar-refractivity contribution in [1.82, 2.24) is 29.9 Å². The molecule has 0 fully saturated rings. The van der Waals surface area contributed by atoms with Crippen molar-refractivity contribution in [2.24, 2.45) is 0 Å². The van der Waals surface area contributed by atoms with Crippen molar-refractivity contribution in [3.05, 3.63) is 84.3 Å². The van der Waals surface area contributed by atoms with Crippen LogP contribution in [0.5, 0.6) is 0 Å². The first kappa shape index (κ1) is 23.0. The van der Waals surface area contributed by atoms with Gasteiger partial charge in [0.1, 0.15) is 5.76 Å². The Balaban J connectivity index is 1.47. The molecular weight excluding hydrogens is 458 g/mol. The summed E-state index contributed by atoms with van der Waals surface area (Å²) < 4.78 is 8.68. The molecule has 36 heavy (non-hydrogen) atoms. The van der Waals surface area contributed by atoms with Gasteiger partial charge in [-0.1, -0.05) is 18.2 Å². The van der Waals surface area contributed by atoms with Gasteiger partial charge in [-0.05, 0) is 38.1 Å². The van der Waals surface area contributed by atoms with E-state index in [-0.39, 0.29) is 18.1 Å². The average Bonchev–Trinajstić information content (AvgIpc) is 3.67. The van der Waals surface area contributed by atoms with Crippen molar-refractivity contribution in [2.75, 3.05) is 5.32 Å². The van der Waals surface area contributed by atoms with Crippen LogP contribution in [0.25, 0.3) is 22.2 Å². The molecule has 0 unspecified atom stereocenters. The predicted octanol–water partition coefficient (Wildman–Crippen LogP) is 4.11. The van der Waals surface area contributed by atoms with Crippen LogP contribution in [0.4, 0.5) is 5.69 Å². The fourth-order valence-electron chi connectivity index (χ4n) is 3.88. The van der Waals surface area contributed by atoms with Crippen LogP contribution in [0, 0.1) is 0 Å². The number of fused-ring (bicyclic) bond motifs is 1. The minimum Gasteiger partial charge on any atom is -0.467 e. The summed E-state index contributed by atoms with van der Waals surface area (Å²) in [6.07, 6.45) is 6.81. The number of aromatic nitrogens is 5. The number of hydrogen-bond donors (Lipinski definition) is 2. The monoisotopic (exact) mass is 483 g/mol. The number of carbonyl (C=O) groups excluding carboxylic acids is 2. The van der Waals surface area contributed by atoms with Gasteiger partial charge in [0.2, 0.25) is 0 Å². The smallest absolute Gasteiger partial charge is 0.274 e. The van der Waals surface area contributed by atoms with Gasteiger partial charge in [-0.25, -0.2) is 4.98 Å². The summed E-state index contributed by atoms with van der Waals surface area (Å²) in [6, 6.07) is 12.7. The zero-order valence-corrected chi connectivity index (χ0v) is 19.9. The molecule has 0 radical (unpaired) electrons. The number of benzene rings is 1. The molecule has 10 heteroatoms. The van der Waals surface area contributed by atoms with E-state index in [2.05, 4.69) is 20.8 Å². The summed E-state index contributed by atoms with van der Waals surface area (Å²) in [4.78, 5) is 31.2. The molecule has 0 aliphatic rings. The summed E-state index contributed by atoms with van der Waals surface area (Å²) in [5.74, 6) is -0.166. The maximum absolute atomic E-state index is 13.5. The van der Waals surface area contributed by atoms with E-state index in [1.807, 2.05) is 44.3 Å². The molecule has 0 saturated heterocycles. The number of hydrogen-bond acceptors (Lipinski definition) is 6. The quantitative estimate of drug-likeness (QED) is 0.343. The normalized spacial score (nSPS) is 11.1. The maximum Gasteiger partial charge on any atom is 0.274 e. The summed E-state index contributed by atoms with van der Waals surface area (Å²) in [6.45, 7) is 5.39. The van der Waals surface area contributed by atoms with Gasteiger partial charge in [0.15, 0.2) is 5.69 Å². The zero-order chi connectivity index (χ0) is 25.1. The predicted molar refractivity (Wildman–Crippen MR) is 134 cm³/mol. The van der Waals surface area contributed by atoms with Gasteiger partial charge in [0.05, 0.1) is 41.5 Å². The SMILES string of the molecule is CCn1cc(-c2cc(C(=O)Nc3cn(CC)nc3C(=O)NCc3ccco3)c3ccccc3n2)cn1. The summed E-state index contributed by atoms with van der Waals surface area (Å²) in [7, 11) is 0. The summed E-state index contributed by atoms with van der Waals surface area (Å²) >= 11 is 0. The molecule has 0 aliphatic heterocycles. The van der Waals surface area contributed by atoms with E-state index in [1.165, 1.54) is 0 Å².